The van der Waals surface area contributed by atoms with Crippen molar-refractivity contribution in [3.05, 3.63) is 64.7 Å². The molecule has 130 valence electrons. The minimum atomic E-state index is -0.166. The molecule has 2 aromatic heterocycles. The van der Waals surface area contributed by atoms with Gasteiger partial charge < -0.3 is 5.32 Å². The molecule has 1 N–H and O–H groups in total. The maximum absolute atomic E-state index is 12.6. The lowest BCUT2D eigenvalue weighted by atomic mass is 10.1. The van der Waals surface area contributed by atoms with Crippen molar-refractivity contribution in [3.63, 3.8) is 0 Å². The van der Waals surface area contributed by atoms with Gasteiger partial charge in [-0.1, -0.05) is 29.8 Å². The van der Waals surface area contributed by atoms with Gasteiger partial charge in [-0.05, 0) is 39.3 Å². The Bertz CT molecular complexity index is 906. The third-order valence-electron chi connectivity index (χ3n) is 4.28. The average molecular weight is 337 g/mol. The fourth-order valence-corrected chi connectivity index (χ4v) is 2.97. The van der Waals surface area contributed by atoms with Gasteiger partial charge in [0.05, 0.1) is 23.6 Å². The van der Waals surface area contributed by atoms with Crippen LogP contribution in [0.5, 0.6) is 0 Å². The molecule has 3 aromatic rings. The Morgan fingerprint density at radius 3 is 2.68 bits per heavy atom. The summed E-state index contributed by atoms with van der Waals surface area (Å²) in [4.78, 5) is 12.6. The van der Waals surface area contributed by atoms with Crippen LogP contribution in [0.25, 0.3) is 0 Å². The summed E-state index contributed by atoms with van der Waals surface area (Å²) in [6.07, 6.45) is 1.64. The Balaban J connectivity index is 1.83. The van der Waals surface area contributed by atoms with Gasteiger partial charge in [-0.2, -0.15) is 10.2 Å². The van der Waals surface area contributed by atoms with Crippen molar-refractivity contribution in [1.29, 1.82) is 0 Å². The number of aryl methyl sites for hydroxylation is 3. The zero-order valence-corrected chi connectivity index (χ0v) is 15.1. The van der Waals surface area contributed by atoms with Gasteiger partial charge in [0.2, 0.25) is 0 Å². The van der Waals surface area contributed by atoms with Crippen LogP contribution in [0.3, 0.4) is 0 Å². The molecule has 2 heterocycles. The van der Waals surface area contributed by atoms with Crippen LogP contribution >= 0.6 is 0 Å². The maximum Gasteiger partial charge on any atom is 0.274 e. The number of carbonyl (C=O) groups is 1. The maximum atomic E-state index is 12.6. The van der Waals surface area contributed by atoms with Gasteiger partial charge in [-0.15, -0.1) is 0 Å². The zero-order valence-electron chi connectivity index (χ0n) is 15.1. The summed E-state index contributed by atoms with van der Waals surface area (Å²) in [5.74, 6) is -0.166. The molecule has 6 nitrogen and oxygen atoms in total. The predicted molar refractivity (Wildman–Crippen MR) is 97.8 cm³/mol. The van der Waals surface area contributed by atoms with Gasteiger partial charge in [-0.25, -0.2) is 0 Å². The normalized spacial score (nSPS) is 10.9. The molecule has 6 heteroatoms. The van der Waals surface area contributed by atoms with E-state index in [9.17, 15) is 4.79 Å². The second-order valence-corrected chi connectivity index (χ2v) is 6.18. The van der Waals surface area contributed by atoms with Gasteiger partial charge in [-0.3, -0.25) is 14.2 Å². The van der Waals surface area contributed by atoms with Crippen LogP contribution in [0.15, 0.2) is 36.5 Å². The highest BCUT2D eigenvalue weighted by Crippen LogP contribution is 2.21. The van der Waals surface area contributed by atoms with Crippen LogP contribution in [0, 0.1) is 20.8 Å². The standard InChI is InChI=1S/C19H23N5O/c1-5-23-17(9-10-20-23)19(25)21-18-14(3)22-24(15(18)4)12-16-8-6-7-13(2)11-16/h6-11H,5,12H2,1-4H3,(H,21,25). The van der Waals surface area contributed by atoms with Crippen LogP contribution in [0.2, 0.25) is 0 Å². The van der Waals surface area contributed by atoms with Crippen LogP contribution in [0.1, 0.15) is 39.9 Å². The average Bonchev–Trinajstić information content (AvgIpc) is 3.15. The minimum absolute atomic E-state index is 0.166. The van der Waals surface area contributed by atoms with E-state index in [0.29, 0.717) is 18.8 Å². The van der Waals surface area contributed by atoms with E-state index < -0.39 is 0 Å². The monoisotopic (exact) mass is 337 g/mol. The van der Waals surface area contributed by atoms with Crippen LogP contribution in [0.4, 0.5) is 5.69 Å². The molecule has 0 fully saturated rings. The molecule has 25 heavy (non-hydrogen) atoms. The Morgan fingerprint density at radius 1 is 1.16 bits per heavy atom. The second-order valence-electron chi connectivity index (χ2n) is 6.18. The number of nitrogens with zero attached hydrogens (tertiary/aromatic N) is 4. The Labute approximate surface area is 147 Å². The van der Waals surface area contributed by atoms with Gasteiger partial charge >= 0.3 is 0 Å². The molecule has 0 saturated carbocycles. The fourth-order valence-electron chi connectivity index (χ4n) is 2.97. The molecular weight excluding hydrogens is 314 g/mol. The van der Waals surface area contributed by atoms with Crippen LogP contribution in [-0.4, -0.2) is 25.5 Å². The Hall–Kier alpha value is -2.89. The smallest absolute Gasteiger partial charge is 0.274 e. The van der Waals surface area contributed by atoms with Gasteiger partial charge in [0.15, 0.2) is 0 Å². The molecular formula is C19H23N5O. The van der Waals surface area contributed by atoms with Crippen LogP contribution < -0.4 is 5.32 Å². The zero-order chi connectivity index (χ0) is 18.0. The first-order valence-electron chi connectivity index (χ1n) is 8.42. The van der Waals surface area contributed by atoms with Crippen molar-refractivity contribution < 1.29 is 4.79 Å². The molecule has 1 aromatic carbocycles. The Kier molecular flexibility index (Phi) is 4.70. The number of benzene rings is 1. The summed E-state index contributed by atoms with van der Waals surface area (Å²) in [6, 6.07) is 10.1. The van der Waals surface area contributed by atoms with E-state index >= 15 is 0 Å². The molecule has 0 unspecified atom stereocenters. The SMILES string of the molecule is CCn1nccc1C(=O)Nc1c(C)nn(Cc2cccc(C)c2)c1C. The molecule has 0 atom stereocenters. The highest BCUT2D eigenvalue weighted by molar-refractivity contribution is 6.03. The molecule has 0 aliphatic rings. The molecule has 0 saturated heterocycles. The molecule has 3 rings (SSSR count). The number of anilines is 1. The number of hydrogen-bond acceptors (Lipinski definition) is 3. The summed E-state index contributed by atoms with van der Waals surface area (Å²) < 4.78 is 3.61. The predicted octanol–water partition coefficient (Wildman–Crippen LogP) is 3.33. The lowest BCUT2D eigenvalue weighted by molar-refractivity contribution is 0.101. The molecule has 0 aliphatic carbocycles. The molecule has 0 aliphatic heterocycles. The number of aromatic nitrogens is 4. The topological polar surface area (TPSA) is 64.7 Å². The van der Waals surface area contributed by atoms with E-state index in [1.54, 1.807) is 16.9 Å². The summed E-state index contributed by atoms with van der Waals surface area (Å²) in [6.45, 7) is 9.25. The number of nitrogens with one attached hydrogen (secondary N) is 1. The van der Waals surface area contributed by atoms with E-state index in [1.165, 1.54) is 11.1 Å². The number of carbonyl (C=O) groups excluding carboxylic acids is 1. The molecule has 1 amide bonds. The van der Waals surface area contributed by atoms with Crippen LogP contribution in [-0.2, 0) is 13.1 Å². The lowest BCUT2D eigenvalue weighted by Gasteiger charge is -2.08. The van der Waals surface area contributed by atoms with Gasteiger partial charge in [0.1, 0.15) is 5.69 Å². The third kappa shape index (κ3) is 3.47. The number of amides is 1. The quantitative estimate of drug-likeness (QED) is 0.777. The second kappa shape index (κ2) is 6.93. The van der Waals surface area contributed by atoms with E-state index in [4.69, 9.17) is 0 Å². The first-order valence-corrected chi connectivity index (χ1v) is 8.42. The summed E-state index contributed by atoms with van der Waals surface area (Å²) >= 11 is 0. The molecule has 0 spiro atoms. The van der Waals surface area contributed by atoms with E-state index in [2.05, 4.69) is 40.6 Å². The Morgan fingerprint density at radius 2 is 1.96 bits per heavy atom. The fraction of sp³-hybridized carbons (Fsp3) is 0.316. The first kappa shape index (κ1) is 17.0. The summed E-state index contributed by atoms with van der Waals surface area (Å²) in [5, 5.41) is 11.7. The van der Waals surface area contributed by atoms with Crippen molar-refractivity contribution in [3.8, 4) is 0 Å². The number of rotatable bonds is 5. The summed E-state index contributed by atoms with van der Waals surface area (Å²) in [5.41, 5.74) is 5.47. The van der Waals surface area contributed by atoms with Gasteiger partial charge in [0, 0.05) is 12.7 Å². The first-order chi connectivity index (χ1) is 12.0. The van der Waals surface area contributed by atoms with Gasteiger partial charge in [0.25, 0.3) is 5.91 Å². The van der Waals surface area contributed by atoms with Crippen molar-refractivity contribution in [2.75, 3.05) is 5.32 Å². The van der Waals surface area contributed by atoms with E-state index in [0.717, 1.165) is 17.1 Å². The highest BCUT2D eigenvalue weighted by Gasteiger charge is 2.17. The van der Waals surface area contributed by atoms with Crippen molar-refractivity contribution in [2.24, 2.45) is 0 Å². The molecule has 0 radical (unpaired) electrons. The van der Waals surface area contributed by atoms with E-state index in [1.807, 2.05) is 31.5 Å². The number of hydrogen-bond donors (Lipinski definition) is 1. The van der Waals surface area contributed by atoms with Crippen molar-refractivity contribution in [2.45, 2.75) is 40.8 Å². The highest BCUT2D eigenvalue weighted by atomic mass is 16.2. The largest absolute Gasteiger partial charge is 0.317 e. The van der Waals surface area contributed by atoms with Crippen molar-refractivity contribution in [1.82, 2.24) is 19.6 Å². The third-order valence-corrected chi connectivity index (χ3v) is 4.28. The van der Waals surface area contributed by atoms with Crippen molar-refractivity contribution >= 4 is 11.6 Å². The molecule has 0 bridgehead atoms. The minimum Gasteiger partial charge on any atom is -0.317 e. The lowest BCUT2D eigenvalue weighted by Crippen LogP contribution is -2.18. The van der Waals surface area contributed by atoms with E-state index in [-0.39, 0.29) is 5.91 Å². The summed E-state index contributed by atoms with van der Waals surface area (Å²) in [7, 11) is 0.